The first-order valence-electron chi connectivity index (χ1n) is 10.8. The lowest BCUT2D eigenvalue weighted by Gasteiger charge is -2.30. The second-order valence-corrected chi connectivity index (χ2v) is 9.17. The van der Waals surface area contributed by atoms with Crippen LogP contribution in [0.3, 0.4) is 0 Å². The summed E-state index contributed by atoms with van der Waals surface area (Å²) in [4.78, 5) is 31.8. The van der Waals surface area contributed by atoms with Gasteiger partial charge in [0.05, 0.1) is 11.8 Å². The Balaban J connectivity index is 1.17. The molecule has 0 unspecified atom stereocenters. The van der Waals surface area contributed by atoms with Gasteiger partial charge < -0.3 is 0 Å². The Morgan fingerprint density at radius 1 is 0.935 bits per heavy atom. The maximum Gasteiger partial charge on any atom is 0.234 e. The Kier molecular flexibility index (Phi) is 5.54. The topological polar surface area (TPSA) is 43.9 Å². The minimum absolute atomic E-state index is 0.0555. The number of imide groups is 1. The summed E-state index contributed by atoms with van der Waals surface area (Å²) in [6.07, 6.45) is 1.00. The molecule has 0 spiro atoms. The smallest absolute Gasteiger partial charge is 0.234 e. The summed E-state index contributed by atoms with van der Waals surface area (Å²) in [5.41, 5.74) is 3.54. The molecule has 0 aliphatic carbocycles. The van der Waals surface area contributed by atoms with Gasteiger partial charge in [0.2, 0.25) is 11.8 Å². The number of hydrogen-bond acceptors (Lipinski definition) is 4. The van der Waals surface area contributed by atoms with Crippen molar-refractivity contribution in [3.8, 4) is 0 Å². The van der Waals surface area contributed by atoms with Crippen molar-refractivity contribution in [3.05, 3.63) is 70.0 Å². The molecule has 0 N–H and O–H groups in total. The number of likely N-dealkylation sites (tertiary alicyclic amines) is 2. The quantitative estimate of drug-likeness (QED) is 0.669. The van der Waals surface area contributed by atoms with Gasteiger partial charge in [0, 0.05) is 50.8 Å². The number of carbonyl (C=O) groups is 2. The third kappa shape index (κ3) is 4.00. The first-order chi connectivity index (χ1) is 15.0. The number of nitrogens with zero attached hydrogens (tertiary/aromatic N) is 3. The van der Waals surface area contributed by atoms with E-state index in [9.17, 15) is 14.0 Å². The van der Waals surface area contributed by atoms with Gasteiger partial charge in [0.15, 0.2) is 0 Å². The Hall–Kier alpha value is -2.28. The molecule has 2 aromatic carbocycles. The molecule has 0 bridgehead atoms. The number of carbonyl (C=O) groups excluding carboxylic acids is 2. The molecule has 3 heterocycles. The number of fused-ring (bicyclic) bond motifs is 2. The molecule has 31 heavy (non-hydrogen) atoms. The van der Waals surface area contributed by atoms with Gasteiger partial charge in [-0.05, 0) is 35.2 Å². The summed E-state index contributed by atoms with van der Waals surface area (Å²) in [7, 11) is 0. The zero-order valence-corrected chi connectivity index (χ0v) is 18.0. The van der Waals surface area contributed by atoms with Crippen molar-refractivity contribution >= 4 is 23.4 Å². The Morgan fingerprint density at radius 3 is 2.35 bits per heavy atom. The molecule has 2 fully saturated rings. The molecule has 162 valence electrons. The van der Waals surface area contributed by atoms with Crippen LogP contribution in [-0.2, 0) is 29.1 Å². The first-order valence-corrected chi connectivity index (χ1v) is 11.2. The molecule has 0 saturated carbocycles. The molecular formula is C24H25ClFN3O2. The van der Waals surface area contributed by atoms with Crippen molar-refractivity contribution in [3.63, 3.8) is 0 Å². The van der Waals surface area contributed by atoms with E-state index in [0.717, 1.165) is 25.1 Å². The minimum atomic E-state index is -0.370. The molecule has 3 aliphatic heterocycles. The number of rotatable bonds is 5. The number of amides is 2. The molecule has 3 aliphatic rings. The van der Waals surface area contributed by atoms with Crippen LogP contribution in [0.2, 0.25) is 5.02 Å². The van der Waals surface area contributed by atoms with E-state index in [1.165, 1.54) is 28.2 Å². The normalized spacial score (nSPS) is 24.0. The fraction of sp³-hybridized carbons (Fsp3) is 0.417. The van der Waals surface area contributed by atoms with Crippen molar-refractivity contribution in [2.24, 2.45) is 11.8 Å². The highest BCUT2D eigenvalue weighted by molar-refractivity contribution is 6.31. The van der Waals surface area contributed by atoms with Crippen LogP contribution in [0.4, 0.5) is 4.39 Å². The molecule has 2 amide bonds. The summed E-state index contributed by atoms with van der Waals surface area (Å²) in [5, 5.41) is 0.374. The molecular weight excluding hydrogens is 417 g/mol. The second kappa shape index (κ2) is 8.34. The van der Waals surface area contributed by atoms with Crippen molar-refractivity contribution in [2.45, 2.75) is 19.5 Å². The van der Waals surface area contributed by atoms with Gasteiger partial charge in [-0.1, -0.05) is 41.9 Å². The molecule has 0 aromatic heterocycles. The van der Waals surface area contributed by atoms with Gasteiger partial charge in [-0.25, -0.2) is 4.39 Å². The van der Waals surface area contributed by atoms with Crippen LogP contribution in [0, 0.1) is 17.7 Å². The van der Waals surface area contributed by atoms with Crippen LogP contribution in [0.25, 0.3) is 0 Å². The lowest BCUT2D eigenvalue weighted by Crippen LogP contribution is -2.42. The maximum atomic E-state index is 13.3. The Bertz CT molecular complexity index is 1010. The van der Waals surface area contributed by atoms with Gasteiger partial charge in [-0.3, -0.25) is 24.3 Å². The molecule has 2 saturated heterocycles. The van der Waals surface area contributed by atoms with Crippen LogP contribution >= 0.6 is 11.6 Å². The zero-order chi connectivity index (χ0) is 21.5. The fourth-order valence-corrected chi connectivity index (χ4v) is 5.35. The zero-order valence-electron chi connectivity index (χ0n) is 17.3. The van der Waals surface area contributed by atoms with Gasteiger partial charge in [0.1, 0.15) is 5.82 Å². The van der Waals surface area contributed by atoms with E-state index in [1.807, 2.05) is 0 Å². The van der Waals surface area contributed by atoms with Gasteiger partial charge in [0.25, 0.3) is 0 Å². The molecule has 0 radical (unpaired) electrons. The predicted molar refractivity (Wildman–Crippen MR) is 116 cm³/mol. The predicted octanol–water partition coefficient (Wildman–Crippen LogP) is 2.95. The fourth-order valence-electron chi connectivity index (χ4n) is 5.12. The molecule has 7 heteroatoms. The summed E-state index contributed by atoms with van der Waals surface area (Å²) >= 11 is 6.14. The van der Waals surface area contributed by atoms with Gasteiger partial charge in [-0.2, -0.15) is 0 Å². The SMILES string of the molecule is O=C1[C@H]2CN(Cc3ccc(F)cc3Cl)C[C@H]2C(=O)N1CCN1CCc2ccccc2C1. The van der Waals surface area contributed by atoms with E-state index in [0.29, 0.717) is 37.7 Å². The van der Waals surface area contributed by atoms with Crippen LogP contribution < -0.4 is 0 Å². The monoisotopic (exact) mass is 441 g/mol. The van der Waals surface area contributed by atoms with Crippen molar-refractivity contribution < 1.29 is 14.0 Å². The van der Waals surface area contributed by atoms with E-state index >= 15 is 0 Å². The van der Waals surface area contributed by atoms with Gasteiger partial charge >= 0.3 is 0 Å². The van der Waals surface area contributed by atoms with Crippen molar-refractivity contribution in [2.75, 3.05) is 32.7 Å². The van der Waals surface area contributed by atoms with Crippen LogP contribution in [0.1, 0.15) is 16.7 Å². The summed E-state index contributed by atoms with van der Waals surface area (Å²) < 4.78 is 13.3. The standard InChI is InChI=1S/C24H25ClFN3O2/c25-22-11-19(26)6-5-18(22)13-28-14-20-21(15-28)24(31)29(23(20)30)10-9-27-8-7-16-3-1-2-4-17(16)12-27/h1-6,11,20-21H,7-10,12-15H2/t20-,21+. The maximum absolute atomic E-state index is 13.3. The molecule has 5 nitrogen and oxygen atoms in total. The Labute approximate surface area is 186 Å². The molecule has 5 rings (SSSR count). The van der Waals surface area contributed by atoms with Crippen LogP contribution in [-0.4, -0.2) is 59.2 Å². The lowest BCUT2D eigenvalue weighted by atomic mass is 10.00. The van der Waals surface area contributed by atoms with E-state index in [4.69, 9.17) is 11.6 Å². The van der Waals surface area contributed by atoms with Crippen molar-refractivity contribution in [1.29, 1.82) is 0 Å². The van der Waals surface area contributed by atoms with Crippen molar-refractivity contribution in [1.82, 2.24) is 14.7 Å². The highest BCUT2D eigenvalue weighted by Crippen LogP contribution is 2.34. The lowest BCUT2D eigenvalue weighted by molar-refractivity contribution is -0.140. The van der Waals surface area contributed by atoms with Crippen LogP contribution in [0.5, 0.6) is 0 Å². The molecule has 2 aromatic rings. The number of halogens is 2. The summed E-state index contributed by atoms with van der Waals surface area (Å²) in [6, 6.07) is 12.8. The average Bonchev–Trinajstić information content (AvgIpc) is 3.27. The molecule has 2 atom stereocenters. The second-order valence-electron chi connectivity index (χ2n) is 8.77. The average molecular weight is 442 g/mol. The summed E-state index contributed by atoms with van der Waals surface area (Å²) in [5.74, 6) is -1.05. The summed E-state index contributed by atoms with van der Waals surface area (Å²) in [6.45, 7) is 4.57. The first kappa shape index (κ1) is 20.6. The van der Waals surface area contributed by atoms with Crippen LogP contribution in [0.15, 0.2) is 42.5 Å². The minimum Gasteiger partial charge on any atom is -0.297 e. The van der Waals surface area contributed by atoms with Gasteiger partial charge in [-0.15, -0.1) is 0 Å². The largest absolute Gasteiger partial charge is 0.297 e. The third-order valence-electron chi connectivity index (χ3n) is 6.82. The van der Waals surface area contributed by atoms with E-state index < -0.39 is 0 Å². The third-order valence-corrected chi connectivity index (χ3v) is 7.17. The number of hydrogen-bond donors (Lipinski definition) is 0. The van der Waals surface area contributed by atoms with E-state index in [2.05, 4.69) is 34.1 Å². The van der Waals surface area contributed by atoms with E-state index in [-0.39, 0.29) is 29.5 Å². The van der Waals surface area contributed by atoms with E-state index in [1.54, 1.807) is 6.07 Å². The highest BCUT2D eigenvalue weighted by Gasteiger charge is 2.52. The Morgan fingerprint density at radius 2 is 1.65 bits per heavy atom. The number of benzene rings is 2. The highest BCUT2D eigenvalue weighted by atomic mass is 35.5.